The van der Waals surface area contributed by atoms with Gasteiger partial charge >= 0.3 is 0 Å². The minimum Gasteiger partial charge on any atom is -0.441 e. The van der Waals surface area contributed by atoms with Gasteiger partial charge in [-0.1, -0.05) is 0 Å². The lowest BCUT2D eigenvalue weighted by Gasteiger charge is -2.37. The minimum atomic E-state index is -0.378. The van der Waals surface area contributed by atoms with Gasteiger partial charge in [0.2, 0.25) is 5.91 Å². The number of ether oxygens (including phenoxy) is 1. The molecule has 29 heavy (non-hydrogen) atoms. The summed E-state index contributed by atoms with van der Waals surface area (Å²) < 4.78 is 24.1. The van der Waals surface area contributed by atoms with E-state index >= 15 is 0 Å². The summed E-state index contributed by atoms with van der Waals surface area (Å²) in [5.74, 6) is 0.744. The lowest BCUT2D eigenvalue weighted by Crippen LogP contribution is -2.41. The Kier molecular flexibility index (Phi) is 5.96. The third-order valence-electron chi connectivity index (χ3n) is 6.39. The van der Waals surface area contributed by atoms with E-state index in [0.717, 1.165) is 31.2 Å². The van der Waals surface area contributed by atoms with Gasteiger partial charge in [0.05, 0.1) is 12.3 Å². The predicted molar refractivity (Wildman–Crippen MR) is 104 cm³/mol. The van der Waals surface area contributed by atoms with Crippen molar-refractivity contribution in [2.75, 3.05) is 19.8 Å². The molecule has 2 heterocycles. The van der Waals surface area contributed by atoms with Crippen molar-refractivity contribution in [3.63, 3.8) is 0 Å². The number of carbonyl (C=O) groups is 1. The number of aliphatic hydroxyl groups is 1. The monoisotopic (exact) mass is 402 g/mol. The molecular weight excluding hydrogens is 375 g/mol. The fraction of sp³-hybridized carbons (Fsp3) is 0.545. The number of oxazole rings is 1. The van der Waals surface area contributed by atoms with Crippen molar-refractivity contribution >= 4 is 5.91 Å². The first-order valence-electron chi connectivity index (χ1n) is 10.3. The van der Waals surface area contributed by atoms with Crippen LogP contribution in [0, 0.1) is 17.2 Å². The third kappa shape index (κ3) is 4.51. The summed E-state index contributed by atoms with van der Waals surface area (Å²) in [4.78, 5) is 16.4. The molecule has 0 unspecified atom stereocenters. The van der Waals surface area contributed by atoms with Crippen molar-refractivity contribution in [1.82, 2.24) is 10.3 Å². The van der Waals surface area contributed by atoms with Crippen molar-refractivity contribution in [1.29, 1.82) is 0 Å². The Hall–Kier alpha value is -2.25. The lowest BCUT2D eigenvalue weighted by molar-refractivity contribution is -0.121. The Balaban J connectivity index is 1.23. The molecule has 1 aromatic carbocycles. The number of carbonyl (C=O) groups excluding carboxylic acids is 1. The second-order valence-electron chi connectivity index (χ2n) is 8.15. The van der Waals surface area contributed by atoms with Crippen molar-refractivity contribution in [2.24, 2.45) is 11.3 Å². The van der Waals surface area contributed by atoms with Gasteiger partial charge in [-0.25, -0.2) is 9.37 Å². The van der Waals surface area contributed by atoms with Gasteiger partial charge < -0.3 is 19.6 Å². The van der Waals surface area contributed by atoms with E-state index in [2.05, 4.69) is 10.3 Å². The molecule has 1 saturated heterocycles. The summed E-state index contributed by atoms with van der Waals surface area (Å²) in [5.41, 5.74) is 0.717. The Morgan fingerprint density at radius 1 is 1.24 bits per heavy atom. The summed E-state index contributed by atoms with van der Waals surface area (Å²) in [6, 6.07) is 5.99. The molecule has 1 aliphatic heterocycles. The summed E-state index contributed by atoms with van der Waals surface area (Å²) in [6.45, 7) is 1.92. The Labute approximate surface area is 169 Å². The molecule has 4 rings (SSSR count). The van der Waals surface area contributed by atoms with Crippen LogP contribution in [0.25, 0.3) is 11.3 Å². The van der Waals surface area contributed by atoms with Crippen LogP contribution in [0.2, 0.25) is 0 Å². The number of hydrogen-bond acceptors (Lipinski definition) is 5. The number of aliphatic hydroxyl groups excluding tert-OH is 1. The molecule has 2 N–H and O–H groups in total. The SMILES string of the molecule is O=C(CCc1ncc(-c2ccc(F)cc2)o1)NC[C@H]1CCC2(CCOCC2)[C@@H]1O. The van der Waals surface area contributed by atoms with Gasteiger partial charge in [-0.2, -0.15) is 0 Å². The third-order valence-corrected chi connectivity index (χ3v) is 6.39. The smallest absolute Gasteiger partial charge is 0.220 e. The van der Waals surface area contributed by atoms with E-state index in [0.29, 0.717) is 37.8 Å². The van der Waals surface area contributed by atoms with Gasteiger partial charge in [-0.05, 0) is 49.9 Å². The van der Waals surface area contributed by atoms with Crippen LogP contribution >= 0.6 is 0 Å². The number of aromatic nitrogens is 1. The minimum absolute atomic E-state index is 0.0253. The molecule has 1 aliphatic carbocycles. The van der Waals surface area contributed by atoms with Gasteiger partial charge in [-0.15, -0.1) is 0 Å². The highest BCUT2D eigenvalue weighted by atomic mass is 19.1. The first-order valence-corrected chi connectivity index (χ1v) is 10.3. The van der Waals surface area contributed by atoms with E-state index in [9.17, 15) is 14.3 Å². The van der Waals surface area contributed by atoms with Gasteiger partial charge in [0.25, 0.3) is 0 Å². The molecule has 1 spiro atoms. The Morgan fingerprint density at radius 2 is 2.00 bits per heavy atom. The maximum absolute atomic E-state index is 13.0. The summed E-state index contributed by atoms with van der Waals surface area (Å²) in [5, 5.41) is 13.7. The van der Waals surface area contributed by atoms with Crippen molar-refractivity contribution in [3.8, 4) is 11.3 Å². The highest BCUT2D eigenvalue weighted by molar-refractivity contribution is 5.76. The van der Waals surface area contributed by atoms with Gasteiger partial charge in [-0.3, -0.25) is 4.79 Å². The van der Waals surface area contributed by atoms with Crippen LogP contribution < -0.4 is 5.32 Å². The number of amides is 1. The zero-order chi connectivity index (χ0) is 20.3. The maximum Gasteiger partial charge on any atom is 0.220 e. The number of benzene rings is 1. The van der Waals surface area contributed by atoms with Crippen molar-refractivity contribution in [2.45, 2.75) is 44.6 Å². The average molecular weight is 402 g/mol. The second-order valence-corrected chi connectivity index (χ2v) is 8.15. The Bertz CT molecular complexity index is 830. The largest absolute Gasteiger partial charge is 0.441 e. The number of halogens is 1. The van der Waals surface area contributed by atoms with Crippen molar-refractivity contribution < 1.29 is 23.4 Å². The van der Waals surface area contributed by atoms with Crippen LogP contribution in [0.1, 0.15) is 38.0 Å². The molecule has 7 heteroatoms. The lowest BCUT2D eigenvalue weighted by atomic mass is 9.76. The van der Waals surface area contributed by atoms with E-state index in [1.165, 1.54) is 12.1 Å². The zero-order valence-corrected chi connectivity index (χ0v) is 16.4. The summed E-state index contributed by atoms with van der Waals surface area (Å²) in [7, 11) is 0. The fourth-order valence-corrected chi connectivity index (χ4v) is 4.54. The predicted octanol–water partition coefficient (Wildman–Crippen LogP) is 3.10. The van der Waals surface area contributed by atoms with Crippen LogP contribution in [0.3, 0.4) is 0 Å². The number of nitrogens with zero attached hydrogens (tertiary/aromatic N) is 1. The van der Waals surface area contributed by atoms with E-state index in [-0.39, 0.29) is 35.6 Å². The van der Waals surface area contributed by atoms with E-state index in [1.54, 1.807) is 18.3 Å². The molecule has 0 radical (unpaired) electrons. The second kappa shape index (κ2) is 8.63. The molecule has 2 atom stereocenters. The fourth-order valence-electron chi connectivity index (χ4n) is 4.54. The molecule has 1 saturated carbocycles. The molecular formula is C22H27FN2O4. The van der Waals surface area contributed by atoms with Gasteiger partial charge in [0, 0.05) is 49.5 Å². The number of rotatable bonds is 6. The normalized spacial score (nSPS) is 23.4. The van der Waals surface area contributed by atoms with Crippen LogP contribution in [0.15, 0.2) is 34.9 Å². The summed E-state index contributed by atoms with van der Waals surface area (Å²) in [6.07, 6.45) is 5.60. The van der Waals surface area contributed by atoms with Gasteiger partial charge in [0.1, 0.15) is 5.82 Å². The molecule has 1 aromatic heterocycles. The van der Waals surface area contributed by atoms with Crippen LogP contribution in [-0.2, 0) is 16.0 Å². The molecule has 2 aromatic rings. The molecule has 1 amide bonds. The molecule has 156 valence electrons. The standard InChI is InChI=1S/C22H27FN2O4/c23-17-3-1-15(2-4-17)18-14-25-20(29-18)6-5-19(26)24-13-16-7-8-22(21(16)27)9-11-28-12-10-22/h1-4,14,16,21,27H,5-13H2,(H,24,26)/t16-,21-/m1/s1. The summed E-state index contributed by atoms with van der Waals surface area (Å²) >= 11 is 0. The van der Waals surface area contributed by atoms with Crippen LogP contribution in [-0.4, -0.2) is 41.9 Å². The Morgan fingerprint density at radius 3 is 2.76 bits per heavy atom. The number of nitrogens with one attached hydrogen (secondary N) is 1. The average Bonchev–Trinajstić information content (AvgIpc) is 3.32. The van der Waals surface area contributed by atoms with E-state index in [1.807, 2.05) is 0 Å². The first kappa shape index (κ1) is 20.0. The number of hydrogen-bond donors (Lipinski definition) is 2. The highest BCUT2D eigenvalue weighted by Gasteiger charge is 2.48. The zero-order valence-electron chi connectivity index (χ0n) is 16.4. The number of aryl methyl sites for hydroxylation is 1. The molecule has 6 nitrogen and oxygen atoms in total. The van der Waals surface area contributed by atoms with E-state index < -0.39 is 0 Å². The highest BCUT2D eigenvalue weighted by Crippen LogP contribution is 2.48. The molecule has 2 fully saturated rings. The topological polar surface area (TPSA) is 84.6 Å². The first-order chi connectivity index (χ1) is 14.1. The van der Waals surface area contributed by atoms with Crippen molar-refractivity contribution in [3.05, 3.63) is 42.2 Å². The van der Waals surface area contributed by atoms with Gasteiger partial charge in [0.15, 0.2) is 11.7 Å². The molecule has 2 aliphatic rings. The van der Waals surface area contributed by atoms with Crippen LogP contribution in [0.5, 0.6) is 0 Å². The van der Waals surface area contributed by atoms with Crippen LogP contribution in [0.4, 0.5) is 4.39 Å². The van der Waals surface area contributed by atoms with E-state index in [4.69, 9.17) is 9.15 Å². The molecule has 0 bridgehead atoms. The maximum atomic E-state index is 13.0. The quantitative estimate of drug-likeness (QED) is 0.776.